The van der Waals surface area contributed by atoms with E-state index >= 15 is 0 Å². The molecule has 4 nitrogen and oxygen atoms in total. The summed E-state index contributed by atoms with van der Waals surface area (Å²) >= 11 is 0. The first-order valence-corrected chi connectivity index (χ1v) is 7.03. The number of carbonyl (C=O) groups excluding carboxylic acids is 1. The summed E-state index contributed by atoms with van der Waals surface area (Å²) in [6.07, 6.45) is 2.15. The number of para-hydroxylation sites is 1. The zero-order valence-corrected chi connectivity index (χ0v) is 12.7. The molecule has 1 amide bonds. The van der Waals surface area contributed by atoms with Crippen LogP contribution in [-0.4, -0.2) is 29.9 Å². The molecule has 1 aromatic rings. The van der Waals surface area contributed by atoms with Gasteiger partial charge in [0.05, 0.1) is 17.3 Å². The summed E-state index contributed by atoms with van der Waals surface area (Å²) in [4.78, 5) is 14.3. The minimum atomic E-state index is -0.233. The van der Waals surface area contributed by atoms with Gasteiger partial charge in [0.1, 0.15) is 6.07 Å². The Bertz CT molecular complexity index is 493. The molecule has 0 aliphatic carbocycles. The second-order valence-electron chi connectivity index (χ2n) is 5.13. The lowest BCUT2D eigenvalue weighted by molar-refractivity contribution is -0.121. The zero-order valence-electron chi connectivity index (χ0n) is 12.7. The van der Waals surface area contributed by atoms with Crippen molar-refractivity contribution in [3.8, 4) is 6.07 Å². The van der Waals surface area contributed by atoms with Crippen LogP contribution in [0.3, 0.4) is 0 Å². The van der Waals surface area contributed by atoms with Gasteiger partial charge in [0, 0.05) is 6.04 Å². The Morgan fingerprint density at radius 2 is 2.05 bits per heavy atom. The van der Waals surface area contributed by atoms with Gasteiger partial charge < -0.3 is 5.32 Å². The van der Waals surface area contributed by atoms with Gasteiger partial charge in [-0.25, -0.2) is 0 Å². The molecule has 2 unspecified atom stereocenters. The third-order valence-electron chi connectivity index (χ3n) is 3.70. The van der Waals surface area contributed by atoms with Crippen molar-refractivity contribution in [1.29, 1.82) is 5.26 Å². The van der Waals surface area contributed by atoms with Crippen LogP contribution in [0.15, 0.2) is 24.3 Å². The van der Waals surface area contributed by atoms with Crippen molar-refractivity contribution in [1.82, 2.24) is 4.90 Å². The third-order valence-corrected chi connectivity index (χ3v) is 3.70. The molecule has 1 rings (SSSR count). The smallest absolute Gasteiger partial charge is 0.241 e. The Kier molecular flexibility index (Phi) is 6.20. The molecule has 0 aliphatic heterocycles. The van der Waals surface area contributed by atoms with E-state index in [1.54, 1.807) is 18.2 Å². The van der Waals surface area contributed by atoms with Gasteiger partial charge >= 0.3 is 0 Å². The first kappa shape index (κ1) is 16.2. The fourth-order valence-corrected chi connectivity index (χ4v) is 2.11. The predicted octanol–water partition coefficient (Wildman–Crippen LogP) is 3.01. The molecule has 1 aromatic carbocycles. The van der Waals surface area contributed by atoms with E-state index in [0.717, 1.165) is 12.8 Å². The van der Waals surface area contributed by atoms with Crippen LogP contribution in [0.25, 0.3) is 0 Å². The van der Waals surface area contributed by atoms with E-state index in [2.05, 4.69) is 30.1 Å². The number of carbonyl (C=O) groups is 1. The Labute approximate surface area is 121 Å². The van der Waals surface area contributed by atoms with E-state index < -0.39 is 0 Å². The predicted molar refractivity (Wildman–Crippen MR) is 81.4 cm³/mol. The molecule has 0 saturated carbocycles. The minimum absolute atomic E-state index is 0.0850. The van der Waals surface area contributed by atoms with Gasteiger partial charge in [0.2, 0.25) is 5.91 Å². The van der Waals surface area contributed by atoms with E-state index in [-0.39, 0.29) is 11.9 Å². The van der Waals surface area contributed by atoms with Crippen molar-refractivity contribution in [2.24, 2.45) is 0 Å². The third kappa shape index (κ3) is 4.07. The monoisotopic (exact) mass is 273 g/mol. The summed E-state index contributed by atoms with van der Waals surface area (Å²) in [5, 5.41) is 11.9. The van der Waals surface area contributed by atoms with Crippen molar-refractivity contribution in [3.05, 3.63) is 29.8 Å². The van der Waals surface area contributed by atoms with Gasteiger partial charge in [-0.3, -0.25) is 9.69 Å². The molecule has 4 heteroatoms. The highest BCUT2D eigenvalue weighted by Gasteiger charge is 2.22. The van der Waals surface area contributed by atoms with Gasteiger partial charge in [-0.2, -0.15) is 5.26 Å². The van der Waals surface area contributed by atoms with E-state index in [0.29, 0.717) is 17.3 Å². The number of nitrogens with one attached hydrogen (secondary N) is 1. The van der Waals surface area contributed by atoms with Gasteiger partial charge in [-0.05, 0) is 39.4 Å². The fraction of sp³-hybridized carbons (Fsp3) is 0.500. The molecule has 2 atom stereocenters. The van der Waals surface area contributed by atoms with Gasteiger partial charge in [-0.15, -0.1) is 0 Å². The first-order chi connectivity index (χ1) is 9.51. The Morgan fingerprint density at radius 3 is 2.65 bits per heavy atom. The van der Waals surface area contributed by atoms with Crippen molar-refractivity contribution in [2.75, 3.05) is 12.4 Å². The number of anilines is 1. The molecule has 108 valence electrons. The normalized spacial score (nSPS) is 13.6. The number of nitrogens with zero attached hydrogens (tertiary/aromatic N) is 2. The van der Waals surface area contributed by atoms with Crippen LogP contribution >= 0.6 is 0 Å². The Hall–Kier alpha value is -1.86. The van der Waals surface area contributed by atoms with Crippen LogP contribution in [-0.2, 0) is 4.79 Å². The highest BCUT2D eigenvalue weighted by Crippen LogP contribution is 2.15. The second kappa shape index (κ2) is 7.66. The topological polar surface area (TPSA) is 56.1 Å². The van der Waals surface area contributed by atoms with Crippen molar-refractivity contribution in [3.63, 3.8) is 0 Å². The number of nitriles is 1. The molecule has 0 fully saturated rings. The number of benzene rings is 1. The number of hydrogen-bond donors (Lipinski definition) is 1. The lowest BCUT2D eigenvalue weighted by Crippen LogP contribution is -2.44. The van der Waals surface area contributed by atoms with E-state index in [4.69, 9.17) is 5.26 Å². The van der Waals surface area contributed by atoms with Crippen molar-refractivity contribution >= 4 is 11.6 Å². The van der Waals surface area contributed by atoms with E-state index in [1.807, 2.05) is 20.0 Å². The molecular formula is C16H23N3O. The highest BCUT2D eigenvalue weighted by molar-refractivity contribution is 5.95. The molecule has 1 N–H and O–H groups in total. The SMILES string of the molecule is CCCC(C)N(C)C(C)C(=O)Nc1ccccc1C#N. The zero-order chi connectivity index (χ0) is 15.1. The lowest BCUT2D eigenvalue weighted by atomic mass is 10.1. The van der Waals surface area contributed by atoms with E-state index in [9.17, 15) is 4.79 Å². The Balaban J connectivity index is 2.73. The molecule has 0 bridgehead atoms. The largest absolute Gasteiger partial charge is 0.324 e. The first-order valence-electron chi connectivity index (χ1n) is 7.03. The molecule has 0 saturated heterocycles. The van der Waals surface area contributed by atoms with Crippen LogP contribution in [0.5, 0.6) is 0 Å². The maximum absolute atomic E-state index is 12.3. The standard InChI is InChI=1S/C16H23N3O/c1-5-8-12(2)19(4)13(3)16(20)18-15-10-7-6-9-14(15)11-17/h6-7,9-10,12-13H,5,8H2,1-4H3,(H,18,20). The van der Waals surface area contributed by atoms with Gasteiger partial charge in [-0.1, -0.05) is 25.5 Å². The lowest BCUT2D eigenvalue weighted by Gasteiger charge is -2.29. The molecule has 0 spiro atoms. The van der Waals surface area contributed by atoms with Gasteiger partial charge in [0.15, 0.2) is 0 Å². The highest BCUT2D eigenvalue weighted by atomic mass is 16.2. The second-order valence-corrected chi connectivity index (χ2v) is 5.13. The van der Waals surface area contributed by atoms with Crippen LogP contribution in [0.2, 0.25) is 0 Å². The molecule has 0 heterocycles. The summed E-state index contributed by atoms with van der Waals surface area (Å²) < 4.78 is 0. The van der Waals surface area contributed by atoms with Gasteiger partial charge in [0.25, 0.3) is 0 Å². The number of rotatable bonds is 6. The average molecular weight is 273 g/mol. The maximum atomic E-state index is 12.3. The Morgan fingerprint density at radius 1 is 1.40 bits per heavy atom. The summed E-state index contributed by atoms with van der Waals surface area (Å²) in [7, 11) is 1.96. The summed E-state index contributed by atoms with van der Waals surface area (Å²) in [5.74, 6) is -0.0850. The van der Waals surface area contributed by atoms with Crippen molar-refractivity contribution in [2.45, 2.75) is 45.7 Å². The summed E-state index contributed by atoms with van der Waals surface area (Å²) in [5.41, 5.74) is 1.06. The minimum Gasteiger partial charge on any atom is -0.324 e. The molecule has 20 heavy (non-hydrogen) atoms. The fourth-order valence-electron chi connectivity index (χ4n) is 2.11. The molecular weight excluding hydrogens is 250 g/mol. The van der Waals surface area contributed by atoms with Crippen molar-refractivity contribution < 1.29 is 4.79 Å². The van der Waals surface area contributed by atoms with Crippen LogP contribution in [0, 0.1) is 11.3 Å². The summed E-state index contributed by atoms with van der Waals surface area (Å²) in [6, 6.07) is 9.25. The molecule has 0 radical (unpaired) electrons. The number of likely N-dealkylation sites (N-methyl/N-ethyl adjacent to an activating group) is 1. The van der Waals surface area contributed by atoms with E-state index in [1.165, 1.54) is 0 Å². The maximum Gasteiger partial charge on any atom is 0.241 e. The molecule has 0 aliphatic rings. The van der Waals surface area contributed by atoms with Crippen LogP contribution in [0.1, 0.15) is 39.2 Å². The summed E-state index contributed by atoms with van der Waals surface area (Å²) in [6.45, 7) is 6.14. The average Bonchev–Trinajstić information content (AvgIpc) is 2.46. The molecule has 0 aromatic heterocycles. The number of hydrogen-bond acceptors (Lipinski definition) is 3. The number of amides is 1. The quantitative estimate of drug-likeness (QED) is 0.866. The van der Waals surface area contributed by atoms with Crippen LogP contribution < -0.4 is 5.32 Å². The van der Waals surface area contributed by atoms with Crippen LogP contribution in [0.4, 0.5) is 5.69 Å².